The molecule has 31 heavy (non-hydrogen) atoms. The van der Waals surface area contributed by atoms with Gasteiger partial charge in [0.05, 0.1) is 0 Å². The largest absolute Gasteiger partial charge is 0.456 e. The highest BCUT2D eigenvalue weighted by Crippen LogP contribution is 2.23. The summed E-state index contributed by atoms with van der Waals surface area (Å²) in [4.78, 5) is 36.1. The van der Waals surface area contributed by atoms with Crippen molar-refractivity contribution in [3.63, 3.8) is 0 Å². The first-order valence-corrected chi connectivity index (χ1v) is 10.3. The van der Waals surface area contributed by atoms with Gasteiger partial charge in [0.2, 0.25) is 5.91 Å². The minimum atomic E-state index is -0.532. The molecule has 0 heterocycles. The number of rotatable bonds is 8. The molecule has 0 aliphatic rings. The van der Waals surface area contributed by atoms with Gasteiger partial charge in [-0.25, -0.2) is 0 Å². The lowest BCUT2D eigenvalue weighted by Gasteiger charge is -2.10. The van der Waals surface area contributed by atoms with E-state index in [0.29, 0.717) is 17.1 Å². The molecule has 0 aliphatic carbocycles. The third-order valence-electron chi connectivity index (χ3n) is 4.69. The lowest BCUT2D eigenvalue weighted by Crippen LogP contribution is -2.21. The molecule has 0 radical (unpaired) electrons. The van der Waals surface area contributed by atoms with Crippen molar-refractivity contribution in [1.82, 2.24) is 0 Å². The molecule has 160 valence electrons. The maximum absolute atomic E-state index is 12.2. The molecule has 3 aromatic carbocycles. The first-order chi connectivity index (χ1) is 14.9. The predicted octanol–water partition coefficient (Wildman–Crippen LogP) is 5.09. The SMILES string of the molecule is Cc1ccc(Cl)cc1NC(=O)COC(=O)CCCC(=O)Nc1cccc2ccccc12. The van der Waals surface area contributed by atoms with Crippen molar-refractivity contribution in [2.45, 2.75) is 26.2 Å². The Kier molecular flexibility index (Phi) is 7.62. The van der Waals surface area contributed by atoms with Crippen LogP contribution in [-0.4, -0.2) is 24.4 Å². The predicted molar refractivity (Wildman–Crippen MR) is 122 cm³/mol. The van der Waals surface area contributed by atoms with E-state index >= 15 is 0 Å². The topological polar surface area (TPSA) is 84.5 Å². The second kappa shape index (κ2) is 10.6. The molecule has 0 atom stereocenters. The summed E-state index contributed by atoms with van der Waals surface area (Å²) in [5, 5.41) is 8.03. The third kappa shape index (κ3) is 6.55. The van der Waals surface area contributed by atoms with Gasteiger partial charge in [0.15, 0.2) is 6.61 Å². The second-order valence-corrected chi connectivity index (χ2v) is 7.53. The van der Waals surface area contributed by atoms with Crippen molar-refractivity contribution in [1.29, 1.82) is 0 Å². The number of carbonyl (C=O) groups excluding carboxylic acids is 3. The van der Waals surface area contributed by atoms with Crippen LogP contribution in [0.4, 0.5) is 11.4 Å². The summed E-state index contributed by atoms with van der Waals surface area (Å²) >= 11 is 5.92. The number of benzene rings is 3. The van der Waals surface area contributed by atoms with Crippen LogP contribution in [0.5, 0.6) is 0 Å². The zero-order valence-corrected chi connectivity index (χ0v) is 17.9. The molecule has 2 amide bonds. The molecule has 0 saturated heterocycles. The molecule has 0 saturated carbocycles. The van der Waals surface area contributed by atoms with Gasteiger partial charge in [-0.1, -0.05) is 54.1 Å². The van der Waals surface area contributed by atoms with Crippen LogP contribution < -0.4 is 10.6 Å². The molecule has 0 fully saturated rings. The first-order valence-electron chi connectivity index (χ1n) is 9.91. The van der Waals surface area contributed by atoms with Crippen LogP contribution in [0.25, 0.3) is 10.8 Å². The Hall–Kier alpha value is -3.38. The fraction of sp³-hybridized carbons (Fsp3) is 0.208. The summed E-state index contributed by atoms with van der Waals surface area (Å²) in [5.41, 5.74) is 2.15. The van der Waals surface area contributed by atoms with Crippen molar-refractivity contribution in [2.75, 3.05) is 17.2 Å². The van der Waals surface area contributed by atoms with Gasteiger partial charge in [0.25, 0.3) is 5.91 Å². The highest BCUT2D eigenvalue weighted by Gasteiger charge is 2.11. The number of nitrogens with one attached hydrogen (secondary N) is 2. The van der Waals surface area contributed by atoms with Crippen LogP contribution in [0.1, 0.15) is 24.8 Å². The van der Waals surface area contributed by atoms with Crippen LogP contribution in [0.15, 0.2) is 60.7 Å². The molecule has 2 N–H and O–H groups in total. The van der Waals surface area contributed by atoms with E-state index in [2.05, 4.69) is 10.6 Å². The van der Waals surface area contributed by atoms with Crippen LogP contribution in [0.2, 0.25) is 5.02 Å². The number of carbonyl (C=O) groups is 3. The summed E-state index contributed by atoms with van der Waals surface area (Å²) in [6.07, 6.45) is 0.545. The van der Waals surface area contributed by atoms with Gasteiger partial charge in [-0.05, 0) is 42.5 Å². The number of amides is 2. The van der Waals surface area contributed by atoms with Gasteiger partial charge in [-0.2, -0.15) is 0 Å². The monoisotopic (exact) mass is 438 g/mol. The molecule has 0 unspecified atom stereocenters. The molecule has 0 spiro atoms. The Morgan fingerprint density at radius 3 is 2.45 bits per heavy atom. The van der Waals surface area contributed by atoms with E-state index in [0.717, 1.165) is 22.0 Å². The molecule has 0 aliphatic heterocycles. The summed E-state index contributed by atoms with van der Waals surface area (Å²) in [5.74, 6) is -1.17. The van der Waals surface area contributed by atoms with Gasteiger partial charge < -0.3 is 15.4 Å². The first kappa shape index (κ1) is 22.3. The van der Waals surface area contributed by atoms with Crippen molar-refractivity contribution in [3.05, 3.63) is 71.2 Å². The number of aryl methyl sites for hydroxylation is 1. The lowest BCUT2D eigenvalue weighted by molar-refractivity contribution is -0.147. The number of fused-ring (bicyclic) bond motifs is 1. The second-order valence-electron chi connectivity index (χ2n) is 7.10. The molecule has 0 bridgehead atoms. The number of ether oxygens (including phenoxy) is 1. The molecule has 6 nitrogen and oxygen atoms in total. The average molecular weight is 439 g/mol. The van der Waals surface area contributed by atoms with Gasteiger partial charge in [0.1, 0.15) is 0 Å². The number of hydrogen-bond acceptors (Lipinski definition) is 4. The minimum absolute atomic E-state index is 0.0480. The Morgan fingerprint density at radius 1 is 0.871 bits per heavy atom. The van der Waals surface area contributed by atoms with E-state index in [1.807, 2.05) is 49.4 Å². The van der Waals surface area contributed by atoms with Crippen LogP contribution in [-0.2, 0) is 19.1 Å². The number of hydrogen-bond donors (Lipinski definition) is 2. The van der Waals surface area contributed by atoms with Crippen LogP contribution >= 0.6 is 11.6 Å². The number of esters is 1. The van der Waals surface area contributed by atoms with Gasteiger partial charge >= 0.3 is 5.97 Å². The number of halogens is 1. The molecular formula is C24H23ClN2O4. The van der Waals surface area contributed by atoms with Gasteiger partial charge in [-0.15, -0.1) is 0 Å². The Balaban J connectivity index is 1.39. The van der Waals surface area contributed by atoms with Crippen LogP contribution in [0.3, 0.4) is 0 Å². The Labute approximate surface area is 185 Å². The smallest absolute Gasteiger partial charge is 0.306 e. The molecule has 3 rings (SSSR count). The van der Waals surface area contributed by atoms with E-state index in [9.17, 15) is 14.4 Å². The molecule has 3 aromatic rings. The summed E-state index contributed by atoms with van der Waals surface area (Å²) in [6.45, 7) is 1.44. The third-order valence-corrected chi connectivity index (χ3v) is 4.92. The van der Waals surface area contributed by atoms with Crippen molar-refractivity contribution >= 4 is 51.5 Å². The lowest BCUT2D eigenvalue weighted by atomic mass is 10.1. The van der Waals surface area contributed by atoms with Crippen molar-refractivity contribution in [2.24, 2.45) is 0 Å². The summed E-state index contributed by atoms with van der Waals surface area (Å²) in [7, 11) is 0. The van der Waals surface area contributed by atoms with E-state index in [-0.39, 0.29) is 18.7 Å². The Bertz CT molecular complexity index is 1110. The summed E-state index contributed by atoms with van der Waals surface area (Å²) < 4.78 is 4.99. The Morgan fingerprint density at radius 2 is 1.61 bits per heavy atom. The van der Waals surface area contributed by atoms with Crippen molar-refractivity contribution in [3.8, 4) is 0 Å². The van der Waals surface area contributed by atoms with Gasteiger partial charge in [0, 0.05) is 34.6 Å². The molecule has 0 aromatic heterocycles. The normalized spacial score (nSPS) is 10.5. The van der Waals surface area contributed by atoms with Crippen molar-refractivity contribution < 1.29 is 19.1 Å². The van der Waals surface area contributed by atoms with E-state index < -0.39 is 18.5 Å². The molecular weight excluding hydrogens is 416 g/mol. The maximum Gasteiger partial charge on any atom is 0.306 e. The fourth-order valence-electron chi connectivity index (χ4n) is 3.07. The van der Waals surface area contributed by atoms with Crippen LogP contribution in [0, 0.1) is 6.92 Å². The quantitative estimate of drug-likeness (QED) is 0.479. The van der Waals surface area contributed by atoms with E-state index in [4.69, 9.17) is 16.3 Å². The zero-order chi connectivity index (χ0) is 22.2. The zero-order valence-electron chi connectivity index (χ0n) is 17.1. The van der Waals surface area contributed by atoms with E-state index in [1.54, 1.807) is 18.2 Å². The highest BCUT2D eigenvalue weighted by molar-refractivity contribution is 6.31. The standard InChI is InChI=1S/C24H23ClN2O4/c1-16-12-13-18(25)14-21(16)27-23(29)15-31-24(30)11-5-10-22(28)26-20-9-4-7-17-6-2-3-8-19(17)20/h2-4,6-9,12-14H,5,10-11,15H2,1H3,(H,26,28)(H,27,29). The van der Waals surface area contributed by atoms with Gasteiger partial charge in [-0.3, -0.25) is 14.4 Å². The summed E-state index contributed by atoms with van der Waals surface area (Å²) in [6, 6.07) is 18.6. The number of anilines is 2. The minimum Gasteiger partial charge on any atom is -0.456 e. The average Bonchev–Trinajstić information content (AvgIpc) is 2.75. The fourth-order valence-corrected chi connectivity index (χ4v) is 3.25. The highest BCUT2D eigenvalue weighted by atomic mass is 35.5. The molecule has 7 heteroatoms. The maximum atomic E-state index is 12.2. The van der Waals surface area contributed by atoms with E-state index in [1.165, 1.54) is 0 Å².